The molecule has 1 aromatic rings. The number of rotatable bonds is 5. The summed E-state index contributed by atoms with van der Waals surface area (Å²) >= 11 is 0. The Morgan fingerprint density at radius 3 is 2.78 bits per heavy atom. The van der Waals surface area contributed by atoms with Gasteiger partial charge in [0.2, 0.25) is 0 Å². The quantitative estimate of drug-likeness (QED) is 0.784. The second kappa shape index (κ2) is 6.73. The minimum absolute atomic E-state index is 0.192. The van der Waals surface area contributed by atoms with Crippen LogP contribution in [0.25, 0.3) is 0 Å². The van der Waals surface area contributed by atoms with Gasteiger partial charge in [-0.05, 0) is 37.0 Å². The second-order valence-electron chi connectivity index (χ2n) is 4.71. The lowest BCUT2D eigenvalue weighted by Gasteiger charge is -2.23. The first-order valence-electron chi connectivity index (χ1n) is 6.48. The first-order valence-corrected chi connectivity index (χ1v) is 6.48. The highest BCUT2D eigenvalue weighted by molar-refractivity contribution is 5.39. The van der Waals surface area contributed by atoms with Crippen LogP contribution in [0.2, 0.25) is 0 Å². The van der Waals surface area contributed by atoms with Crippen molar-refractivity contribution in [2.24, 2.45) is 0 Å². The van der Waals surface area contributed by atoms with E-state index in [0.717, 1.165) is 25.0 Å². The van der Waals surface area contributed by atoms with Crippen molar-refractivity contribution in [1.29, 1.82) is 0 Å². The molecule has 1 aromatic carbocycles. The molecule has 2 rings (SSSR count). The molecule has 2 unspecified atom stereocenters. The van der Waals surface area contributed by atoms with Crippen molar-refractivity contribution in [2.45, 2.75) is 31.5 Å². The molecule has 0 amide bonds. The van der Waals surface area contributed by atoms with Gasteiger partial charge in [0.05, 0.1) is 19.3 Å². The maximum atomic E-state index is 9.93. The third kappa shape index (κ3) is 3.98. The molecular weight excluding hydrogens is 230 g/mol. The number of ether oxygens (including phenoxy) is 2. The lowest BCUT2D eigenvalue weighted by atomic mass is 10.1. The highest BCUT2D eigenvalue weighted by Gasteiger charge is 2.15. The maximum absolute atomic E-state index is 9.93. The van der Waals surface area contributed by atoms with Gasteiger partial charge < -0.3 is 20.3 Å². The Morgan fingerprint density at radius 1 is 1.33 bits per heavy atom. The van der Waals surface area contributed by atoms with Gasteiger partial charge in [-0.25, -0.2) is 0 Å². The van der Waals surface area contributed by atoms with Gasteiger partial charge in [-0.3, -0.25) is 0 Å². The Balaban J connectivity index is 1.70. The average Bonchev–Trinajstić information content (AvgIpc) is 2.40. The molecule has 0 bridgehead atoms. The number of nitrogens with two attached hydrogens (primary N) is 1. The monoisotopic (exact) mass is 251 g/mol. The number of hydrogen-bond acceptors (Lipinski definition) is 4. The van der Waals surface area contributed by atoms with Crippen LogP contribution in [0.15, 0.2) is 24.3 Å². The molecule has 0 aliphatic carbocycles. The molecule has 0 spiro atoms. The van der Waals surface area contributed by atoms with E-state index in [9.17, 15) is 5.11 Å². The fourth-order valence-electron chi connectivity index (χ4n) is 2.06. The van der Waals surface area contributed by atoms with E-state index >= 15 is 0 Å². The molecule has 100 valence electrons. The van der Waals surface area contributed by atoms with Gasteiger partial charge in [-0.15, -0.1) is 0 Å². The van der Waals surface area contributed by atoms with Crippen LogP contribution in [0.5, 0.6) is 0 Å². The lowest BCUT2D eigenvalue weighted by molar-refractivity contribution is -0.0574. The molecule has 1 aliphatic heterocycles. The van der Waals surface area contributed by atoms with E-state index in [1.807, 2.05) is 12.1 Å². The summed E-state index contributed by atoms with van der Waals surface area (Å²) in [6.45, 7) is 1.68. The van der Waals surface area contributed by atoms with E-state index in [0.29, 0.717) is 18.9 Å². The Labute approximate surface area is 108 Å². The first kappa shape index (κ1) is 13.3. The SMILES string of the molecule is Nc1ccc(C(O)COCC2CCCCO2)cc1. The van der Waals surface area contributed by atoms with Crippen LogP contribution in [-0.4, -0.2) is 31.0 Å². The predicted molar refractivity (Wildman–Crippen MR) is 70.2 cm³/mol. The van der Waals surface area contributed by atoms with Crippen molar-refractivity contribution in [1.82, 2.24) is 0 Å². The molecule has 0 aromatic heterocycles. The third-order valence-corrected chi connectivity index (χ3v) is 3.17. The van der Waals surface area contributed by atoms with Crippen LogP contribution in [0.4, 0.5) is 5.69 Å². The molecule has 18 heavy (non-hydrogen) atoms. The third-order valence-electron chi connectivity index (χ3n) is 3.17. The highest BCUT2D eigenvalue weighted by Crippen LogP contribution is 2.17. The summed E-state index contributed by atoms with van der Waals surface area (Å²) in [7, 11) is 0. The van der Waals surface area contributed by atoms with Crippen LogP contribution < -0.4 is 5.73 Å². The Morgan fingerprint density at radius 2 is 2.11 bits per heavy atom. The summed E-state index contributed by atoms with van der Waals surface area (Å²) in [5.74, 6) is 0. The molecule has 3 N–H and O–H groups in total. The van der Waals surface area contributed by atoms with Crippen LogP contribution in [0.3, 0.4) is 0 Å². The van der Waals surface area contributed by atoms with Gasteiger partial charge in [-0.2, -0.15) is 0 Å². The van der Waals surface area contributed by atoms with Gasteiger partial charge in [0.1, 0.15) is 6.10 Å². The number of benzene rings is 1. The van der Waals surface area contributed by atoms with Crippen molar-refractivity contribution in [2.75, 3.05) is 25.6 Å². The standard InChI is InChI=1S/C14H21NO3/c15-12-6-4-11(5-7-12)14(16)10-17-9-13-3-1-2-8-18-13/h4-7,13-14,16H,1-3,8-10,15H2. The lowest BCUT2D eigenvalue weighted by Crippen LogP contribution is -2.25. The molecule has 1 fully saturated rings. The predicted octanol–water partition coefficient (Wildman–Crippen LogP) is 1.89. The molecule has 0 radical (unpaired) electrons. The van der Waals surface area contributed by atoms with E-state index in [4.69, 9.17) is 15.2 Å². The van der Waals surface area contributed by atoms with Crippen molar-refractivity contribution in [3.8, 4) is 0 Å². The van der Waals surface area contributed by atoms with Gasteiger partial charge >= 0.3 is 0 Å². The van der Waals surface area contributed by atoms with Crippen molar-refractivity contribution in [3.05, 3.63) is 29.8 Å². The smallest absolute Gasteiger partial charge is 0.102 e. The molecule has 4 nitrogen and oxygen atoms in total. The summed E-state index contributed by atoms with van der Waals surface area (Å²) < 4.78 is 11.1. The molecular formula is C14H21NO3. The molecule has 2 atom stereocenters. The van der Waals surface area contributed by atoms with Crippen LogP contribution in [0, 0.1) is 0 Å². The minimum atomic E-state index is -0.603. The Bertz CT molecular complexity index is 347. The molecule has 0 saturated carbocycles. The van der Waals surface area contributed by atoms with Gasteiger partial charge in [0.15, 0.2) is 0 Å². The van der Waals surface area contributed by atoms with Gasteiger partial charge in [0, 0.05) is 12.3 Å². The highest BCUT2D eigenvalue weighted by atomic mass is 16.5. The Hall–Kier alpha value is -1.10. The summed E-state index contributed by atoms with van der Waals surface area (Å²) in [6.07, 6.45) is 2.99. The zero-order valence-corrected chi connectivity index (χ0v) is 10.5. The fraction of sp³-hybridized carbons (Fsp3) is 0.571. The summed E-state index contributed by atoms with van der Waals surface area (Å²) in [6, 6.07) is 7.20. The van der Waals surface area contributed by atoms with Crippen molar-refractivity contribution >= 4 is 5.69 Å². The van der Waals surface area contributed by atoms with Crippen molar-refractivity contribution < 1.29 is 14.6 Å². The van der Waals surface area contributed by atoms with E-state index < -0.39 is 6.10 Å². The average molecular weight is 251 g/mol. The van der Waals surface area contributed by atoms with Crippen molar-refractivity contribution in [3.63, 3.8) is 0 Å². The fourth-order valence-corrected chi connectivity index (χ4v) is 2.06. The number of aliphatic hydroxyl groups is 1. The number of nitrogen functional groups attached to an aromatic ring is 1. The van der Waals surface area contributed by atoms with Crippen LogP contribution >= 0.6 is 0 Å². The maximum Gasteiger partial charge on any atom is 0.102 e. The Kier molecular flexibility index (Phi) is 4.99. The normalized spacial score (nSPS) is 21.7. The van der Waals surface area contributed by atoms with Crippen LogP contribution in [0.1, 0.15) is 30.9 Å². The number of aliphatic hydroxyl groups excluding tert-OH is 1. The minimum Gasteiger partial charge on any atom is -0.399 e. The largest absolute Gasteiger partial charge is 0.399 e. The van der Waals surface area contributed by atoms with Crippen LogP contribution in [-0.2, 0) is 9.47 Å². The first-order chi connectivity index (χ1) is 8.75. The molecule has 4 heteroatoms. The summed E-state index contributed by atoms with van der Waals surface area (Å²) in [5.41, 5.74) is 7.12. The zero-order chi connectivity index (χ0) is 12.8. The zero-order valence-electron chi connectivity index (χ0n) is 10.5. The molecule has 1 saturated heterocycles. The summed E-state index contributed by atoms with van der Waals surface area (Å²) in [5, 5.41) is 9.93. The van der Waals surface area contributed by atoms with E-state index in [1.54, 1.807) is 12.1 Å². The topological polar surface area (TPSA) is 64.7 Å². The van der Waals surface area contributed by atoms with E-state index in [2.05, 4.69) is 0 Å². The van der Waals surface area contributed by atoms with E-state index in [1.165, 1.54) is 6.42 Å². The molecule has 1 aliphatic rings. The second-order valence-corrected chi connectivity index (χ2v) is 4.71. The van der Waals surface area contributed by atoms with Gasteiger partial charge in [-0.1, -0.05) is 12.1 Å². The summed E-state index contributed by atoms with van der Waals surface area (Å²) in [4.78, 5) is 0. The van der Waals surface area contributed by atoms with E-state index in [-0.39, 0.29) is 6.10 Å². The van der Waals surface area contributed by atoms with Gasteiger partial charge in [0.25, 0.3) is 0 Å². The number of hydrogen-bond donors (Lipinski definition) is 2. The number of anilines is 1. The molecule has 1 heterocycles.